The van der Waals surface area contributed by atoms with Crippen LogP contribution in [0.25, 0.3) is 0 Å². The Morgan fingerprint density at radius 2 is 2.23 bits per heavy atom. The summed E-state index contributed by atoms with van der Waals surface area (Å²) in [4.78, 5) is 3.88. The predicted molar refractivity (Wildman–Crippen MR) is 59.6 cm³/mol. The monoisotopic (exact) mass is 231 g/mol. The number of pyridine rings is 1. The molecule has 0 saturated carbocycles. The van der Waals surface area contributed by atoms with E-state index in [0.29, 0.717) is 22.2 Å². The van der Waals surface area contributed by atoms with E-state index in [4.69, 9.17) is 23.2 Å². The van der Waals surface area contributed by atoms with E-state index in [1.165, 1.54) is 0 Å². The molecule has 13 heavy (non-hydrogen) atoms. The molecule has 0 aliphatic carbocycles. The minimum absolute atomic E-state index is 0.346. The van der Waals surface area contributed by atoms with Gasteiger partial charge in [-0.3, -0.25) is 0 Å². The molecule has 0 N–H and O–H groups in total. The van der Waals surface area contributed by atoms with Crippen molar-refractivity contribution >= 4 is 35.8 Å². The molecule has 1 heterocycles. The molecule has 0 amide bonds. The summed E-state index contributed by atoms with van der Waals surface area (Å²) < 4.78 is 0. The number of hydrogen-bond donors (Lipinski definition) is 1. The summed E-state index contributed by atoms with van der Waals surface area (Å²) in [7, 11) is 0. The molecule has 0 unspecified atom stereocenters. The van der Waals surface area contributed by atoms with E-state index >= 15 is 0 Å². The van der Waals surface area contributed by atoms with E-state index < -0.39 is 0 Å². The van der Waals surface area contributed by atoms with E-state index in [1.54, 1.807) is 12.3 Å². The lowest BCUT2D eigenvalue weighted by Gasteiger charge is -1.96. The second-order valence-corrected chi connectivity index (χ2v) is 3.45. The van der Waals surface area contributed by atoms with Crippen LogP contribution in [0.5, 0.6) is 0 Å². The predicted octanol–water partition coefficient (Wildman–Crippen LogP) is 3.06. The van der Waals surface area contributed by atoms with E-state index in [-0.39, 0.29) is 0 Å². The number of thiol groups is 1. The third-order valence-corrected chi connectivity index (χ3v) is 2.13. The standard InChI is InChI=1S/C9H7Cl2NS/c10-8-4-5-12-9(11)7(8)3-1-2-6-13/h4-5,13H,2,6H2. The van der Waals surface area contributed by atoms with Crippen molar-refractivity contribution in [2.24, 2.45) is 0 Å². The van der Waals surface area contributed by atoms with Crippen LogP contribution in [0.3, 0.4) is 0 Å². The lowest BCUT2D eigenvalue weighted by Crippen LogP contribution is -1.83. The largest absolute Gasteiger partial charge is 0.243 e. The Morgan fingerprint density at radius 3 is 2.85 bits per heavy atom. The Hall–Kier alpha value is -0.360. The molecule has 68 valence electrons. The first kappa shape index (κ1) is 10.7. The van der Waals surface area contributed by atoms with Crippen LogP contribution in [0.15, 0.2) is 12.3 Å². The van der Waals surface area contributed by atoms with Crippen molar-refractivity contribution in [3.05, 3.63) is 28.0 Å². The van der Waals surface area contributed by atoms with Crippen molar-refractivity contribution in [2.75, 3.05) is 5.75 Å². The van der Waals surface area contributed by atoms with Gasteiger partial charge in [0.2, 0.25) is 0 Å². The van der Waals surface area contributed by atoms with Gasteiger partial charge in [0.1, 0.15) is 5.15 Å². The van der Waals surface area contributed by atoms with Gasteiger partial charge in [-0.05, 0) is 6.07 Å². The Balaban J connectivity index is 2.95. The average Bonchev–Trinajstić information content (AvgIpc) is 2.10. The maximum absolute atomic E-state index is 5.86. The third kappa shape index (κ3) is 3.11. The van der Waals surface area contributed by atoms with E-state index in [1.807, 2.05) is 0 Å². The van der Waals surface area contributed by atoms with Gasteiger partial charge in [0.15, 0.2) is 0 Å². The maximum atomic E-state index is 5.86. The fraction of sp³-hybridized carbons (Fsp3) is 0.222. The van der Waals surface area contributed by atoms with E-state index in [9.17, 15) is 0 Å². The summed E-state index contributed by atoms with van der Waals surface area (Å²) in [6.45, 7) is 0. The highest BCUT2D eigenvalue weighted by Gasteiger charge is 2.01. The number of rotatable bonds is 1. The first-order valence-corrected chi connectivity index (χ1v) is 5.04. The van der Waals surface area contributed by atoms with Gasteiger partial charge >= 0.3 is 0 Å². The molecule has 1 rings (SSSR count). The van der Waals surface area contributed by atoms with Gasteiger partial charge in [0, 0.05) is 18.4 Å². The fourth-order valence-corrected chi connectivity index (χ4v) is 1.29. The fourth-order valence-electron chi connectivity index (χ4n) is 0.733. The molecule has 0 bridgehead atoms. The molecular formula is C9H7Cl2NS. The summed E-state index contributed by atoms with van der Waals surface area (Å²) in [5.74, 6) is 6.48. The molecule has 0 aliphatic heterocycles. The van der Waals surface area contributed by atoms with Crippen LogP contribution in [-0.2, 0) is 0 Å². The van der Waals surface area contributed by atoms with E-state index in [0.717, 1.165) is 5.75 Å². The molecule has 0 aliphatic rings. The molecule has 1 nitrogen and oxygen atoms in total. The maximum Gasteiger partial charge on any atom is 0.146 e. The highest BCUT2D eigenvalue weighted by atomic mass is 35.5. The van der Waals surface area contributed by atoms with Gasteiger partial charge in [-0.25, -0.2) is 4.98 Å². The quantitative estimate of drug-likeness (QED) is 0.446. The first-order chi connectivity index (χ1) is 6.25. The lowest BCUT2D eigenvalue weighted by atomic mass is 10.3. The van der Waals surface area contributed by atoms with Crippen LogP contribution in [0.2, 0.25) is 10.2 Å². The second-order valence-electron chi connectivity index (χ2n) is 2.23. The number of halogens is 2. The van der Waals surface area contributed by atoms with Gasteiger partial charge in [0.05, 0.1) is 10.6 Å². The highest BCUT2D eigenvalue weighted by Crippen LogP contribution is 2.20. The minimum Gasteiger partial charge on any atom is -0.243 e. The Labute approximate surface area is 92.9 Å². The summed E-state index contributed by atoms with van der Waals surface area (Å²) >= 11 is 15.7. The molecule has 0 aromatic carbocycles. The van der Waals surface area contributed by atoms with Crippen LogP contribution in [0.4, 0.5) is 0 Å². The van der Waals surface area contributed by atoms with Gasteiger partial charge in [0.25, 0.3) is 0 Å². The van der Waals surface area contributed by atoms with E-state index in [2.05, 4.69) is 29.5 Å². The lowest BCUT2D eigenvalue weighted by molar-refractivity contribution is 1.29. The van der Waals surface area contributed by atoms with Crippen molar-refractivity contribution in [2.45, 2.75) is 6.42 Å². The van der Waals surface area contributed by atoms with Crippen LogP contribution >= 0.6 is 35.8 Å². The zero-order valence-corrected chi connectivity index (χ0v) is 9.13. The van der Waals surface area contributed by atoms with Crippen LogP contribution in [0, 0.1) is 11.8 Å². The highest BCUT2D eigenvalue weighted by molar-refractivity contribution is 7.80. The van der Waals surface area contributed by atoms with Crippen molar-refractivity contribution in [3.8, 4) is 11.8 Å². The molecule has 1 aromatic heterocycles. The Morgan fingerprint density at radius 1 is 1.46 bits per heavy atom. The van der Waals surface area contributed by atoms with Gasteiger partial charge in [-0.2, -0.15) is 12.6 Å². The summed E-state index contributed by atoms with van der Waals surface area (Å²) in [5.41, 5.74) is 0.590. The van der Waals surface area contributed by atoms with Gasteiger partial charge in [-0.15, -0.1) is 0 Å². The zero-order valence-electron chi connectivity index (χ0n) is 6.72. The molecule has 0 saturated heterocycles. The SMILES string of the molecule is SCCC#Cc1c(Cl)ccnc1Cl. The Kier molecular flexibility index (Phi) is 4.44. The summed E-state index contributed by atoms with van der Waals surface area (Å²) in [5, 5.41) is 0.880. The van der Waals surface area contributed by atoms with Crippen molar-refractivity contribution < 1.29 is 0 Å². The topological polar surface area (TPSA) is 12.9 Å². The average molecular weight is 232 g/mol. The second kappa shape index (κ2) is 5.39. The molecule has 0 fully saturated rings. The molecular weight excluding hydrogens is 225 g/mol. The summed E-state index contributed by atoms with van der Waals surface area (Å²) in [6.07, 6.45) is 2.26. The van der Waals surface area contributed by atoms with Gasteiger partial charge < -0.3 is 0 Å². The minimum atomic E-state index is 0.346. The number of aromatic nitrogens is 1. The smallest absolute Gasteiger partial charge is 0.146 e. The molecule has 0 atom stereocenters. The normalized spacial score (nSPS) is 9.15. The molecule has 0 radical (unpaired) electrons. The number of nitrogens with zero attached hydrogens (tertiary/aromatic N) is 1. The first-order valence-electron chi connectivity index (χ1n) is 3.65. The number of hydrogen-bond acceptors (Lipinski definition) is 2. The molecule has 0 spiro atoms. The van der Waals surface area contributed by atoms with Crippen LogP contribution in [-0.4, -0.2) is 10.7 Å². The van der Waals surface area contributed by atoms with Crippen LogP contribution < -0.4 is 0 Å². The zero-order chi connectivity index (χ0) is 9.68. The van der Waals surface area contributed by atoms with Crippen molar-refractivity contribution in [1.29, 1.82) is 0 Å². The van der Waals surface area contributed by atoms with Gasteiger partial charge in [-0.1, -0.05) is 35.0 Å². The summed E-state index contributed by atoms with van der Waals surface area (Å²) in [6, 6.07) is 1.66. The van der Waals surface area contributed by atoms with Crippen molar-refractivity contribution in [1.82, 2.24) is 4.98 Å². The van der Waals surface area contributed by atoms with Crippen molar-refractivity contribution in [3.63, 3.8) is 0 Å². The Bertz CT molecular complexity index is 334. The third-order valence-electron chi connectivity index (χ3n) is 1.30. The molecule has 1 aromatic rings. The molecule has 4 heteroatoms. The van der Waals surface area contributed by atoms with Crippen LogP contribution in [0.1, 0.15) is 12.0 Å².